The predicted molar refractivity (Wildman–Crippen MR) is 66.6 cm³/mol. The molecule has 0 aromatic carbocycles. The van der Waals surface area contributed by atoms with Gasteiger partial charge >= 0.3 is 0 Å². The lowest BCUT2D eigenvalue weighted by Gasteiger charge is -2.34. The Bertz CT molecular complexity index is 226. The van der Waals surface area contributed by atoms with E-state index in [1.165, 1.54) is 12.8 Å². The van der Waals surface area contributed by atoms with Crippen molar-refractivity contribution in [2.75, 3.05) is 19.6 Å². The van der Waals surface area contributed by atoms with E-state index in [4.69, 9.17) is 10.9 Å². The van der Waals surface area contributed by atoms with Gasteiger partial charge in [0.25, 0.3) is 0 Å². The van der Waals surface area contributed by atoms with Crippen molar-refractivity contribution in [3.05, 3.63) is 0 Å². The number of oxime groups is 1. The van der Waals surface area contributed by atoms with E-state index in [1.54, 1.807) is 0 Å². The minimum atomic E-state index is 0.244. The number of nitrogens with zero attached hydrogens (tertiary/aromatic N) is 2. The van der Waals surface area contributed by atoms with Crippen molar-refractivity contribution < 1.29 is 5.21 Å². The second kappa shape index (κ2) is 6.74. The first kappa shape index (κ1) is 13.3. The fourth-order valence-corrected chi connectivity index (χ4v) is 2.46. The van der Waals surface area contributed by atoms with Crippen molar-refractivity contribution in [3.63, 3.8) is 0 Å². The molecule has 94 valence electrons. The summed E-state index contributed by atoms with van der Waals surface area (Å²) < 4.78 is 0. The van der Waals surface area contributed by atoms with Gasteiger partial charge in [-0.25, -0.2) is 0 Å². The van der Waals surface area contributed by atoms with Gasteiger partial charge in [0.1, 0.15) is 5.84 Å². The maximum atomic E-state index is 8.69. The third-order valence-corrected chi connectivity index (χ3v) is 3.71. The third-order valence-electron chi connectivity index (χ3n) is 3.71. The maximum Gasteiger partial charge on any atom is 0.143 e. The van der Waals surface area contributed by atoms with Crippen molar-refractivity contribution in [1.82, 2.24) is 4.90 Å². The molecule has 0 radical (unpaired) electrons. The van der Waals surface area contributed by atoms with Gasteiger partial charge in [0.2, 0.25) is 0 Å². The van der Waals surface area contributed by atoms with Crippen LogP contribution in [0.1, 0.15) is 39.5 Å². The van der Waals surface area contributed by atoms with E-state index in [0.29, 0.717) is 5.84 Å². The first-order valence-electron chi connectivity index (χ1n) is 6.41. The monoisotopic (exact) mass is 227 g/mol. The van der Waals surface area contributed by atoms with Crippen molar-refractivity contribution in [3.8, 4) is 0 Å². The van der Waals surface area contributed by atoms with Gasteiger partial charge in [0.05, 0.1) is 0 Å². The minimum Gasteiger partial charge on any atom is -0.409 e. The molecule has 1 unspecified atom stereocenters. The van der Waals surface area contributed by atoms with E-state index in [0.717, 1.165) is 38.4 Å². The molecular weight excluding hydrogens is 202 g/mol. The minimum absolute atomic E-state index is 0.244. The quantitative estimate of drug-likeness (QED) is 0.326. The summed E-state index contributed by atoms with van der Waals surface area (Å²) in [6.07, 6.45) is 4.68. The first-order chi connectivity index (χ1) is 7.71. The van der Waals surface area contributed by atoms with E-state index in [-0.39, 0.29) is 5.92 Å². The Morgan fingerprint density at radius 1 is 1.50 bits per heavy atom. The van der Waals surface area contributed by atoms with Crippen molar-refractivity contribution in [1.29, 1.82) is 0 Å². The van der Waals surface area contributed by atoms with Crippen LogP contribution in [0.2, 0.25) is 0 Å². The highest BCUT2D eigenvalue weighted by atomic mass is 16.4. The molecule has 3 N–H and O–H groups in total. The summed E-state index contributed by atoms with van der Waals surface area (Å²) in [6, 6.07) is 0. The lowest BCUT2D eigenvalue weighted by atomic mass is 9.95. The van der Waals surface area contributed by atoms with Crippen LogP contribution in [0, 0.1) is 11.8 Å². The second-order valence-electron chi connectivity index (χ2n) is 4.81. The molecule has 1 heterocycles. The van der Waals surface area contributed by atoms with Crippen molar-refractivity contribution >= 4 is 5.84 Å². The van der Waals surface area contributed by atoms with Crippen LogP contribution in [-0.2, 0) is 0 Å². The molecule has 0 aromatic rings. The molecule has 1 rings (SSSR count). The molecule has 0 bridgehead atoms. The fourth-order valence-electron chi connectivity index (χ4n) is 2.46. The van der Waals surface area contributed by atoms with Gasteiger partial charge in [0.15, 0.2) is 0 Å². The molecule has 16 heavy (non-hydrogen) atoms. The van der Waals surface area contributed by atoms with Crippen LogP contribution >= 0.6 is 0 Å². The SMILES string of the molecule is CCC(CC)CN1CCCC(C(N)=NO)C1. The van der Waals surface area contributed by atoms with Gasteiger partial charge < -0.3 is 15.8 Å². The molecular formula is C12H25N3O. The van der Waals surface area contributed by atoms with Crippen LogP contribution < -0.4 is 5.73 Å². The standard InChI is InChI=1S/C12H25N3O/c1-3-10(4-2)8-15-7-5-6-11(9-15)12(13)14-16/h10-11,16H,3-9H2,1-2H3,(H2,13,14). The van der Waals surface area contributed by atoms with Gasteiger partial charge in [-0.1, -0.05) is 31.8 Å². The second-order valence-corrected chi connectivity index (χ2v) is 4.81. The summed E-state index contributed by atoms with van der Waals surface area (Å²) >= 11 is 0. The Kier molecular flexibility index (Phi) is 5.60. The smallest absolute Gasteiger partial charge is 0.143 e. The van der Waals surface area contributed by atoms with Crippen LogP contribution in [0.4, 0.5) is 0 Å². The first-order valence-corrected chi connectivity index (χ1v) is 6.41. The molecule has 0 aromatic heterocycles. The van der Waals surface area contributed by atoms with E-state index in [9.17, 15) is 0 Å². The molecule has 0 amide bonds. The topological polar surface area (TPSA) is 61.8 Å². The summed E-state index contributed by atoms with van der Waals surface area (Å²) in [4.78, 5) is 2.46. The van der Waals surface area contributed by atoms with E-state index < -0.39 is 0 Å². The van der Waals surface area contributed by atoms with Gasteiger partial charge in [0, 0.05) is 19.0 Å². The van der Waals surface area contributed by atoms with Gasteiger partial charge in [-0.3, -0.25) is 0 Å². The van der Waals surface area contributed by atoms with Crippen LogP contribution in [-0.4, -0.2) is 35.6 Å². The van der Waals surface area contributed by atoms with Crippen molar-refractivity contribution in [2.45, 2.75) is 39.5 Å². The van der Waals surface area contributed by atoms with Gasteiger partial charge in [-0.05, 0) is 25.3 Å². The molecule has 1 fully saturated rings. The summed E-state index contributed by atoms with van der Waals surface area (Å²) in [5.41, 5.74) is 5.68. The number of amidine groups is 1. The maximum absolute atomic E-state index is 8.69. The summed E-state index contributed by atoms with van der Waals surface area (Å²) in [7, 11) is 0. The molecule has 1 aliphatic heterocycles. The summed E-state index contributed by atoms with van der Waals surface area (Å²) in [5, 5.41) is 11.8. The Morgan fingerprint density at radius 2 is 2.19 bits per heavy atom. The Labute approximate surface area is 98.5 Å². The zero-order valence-electron chi connectivity index (χ0n) is 10.5. The number of hydrogen-bond acceptors (Lipinski definition) is 3. The molecule has 1 atom stereocenters. The molecule has 1 saturated heterocycles. The van der Waals surface area contributed by atoms with Crippen LogP contribution in [0.25, 0.3) is 0 Å². The zero-order valence-corrected chi connectivity index (χ0v) is 10.5. The number of likely N-dealkylation sites (tertiary alicyclic amines) is 1. The predicted octanol–water partition coefficient (Wildman–Crippen LogP) is 1.88. The van der Waals surface area contributed by atoms with Crippen LogP contribution in [0.3, 0.4) is 0 Å². The Balaban J connectivity index is 2.44. The number of rotatable bonds is 5. The summed E-state index contributed by atoms with van der Waals surface area (Å²) in [5.74, 6) is 1.42. The number of piperidine rings is 1. The molecule has 0 spiro atoms. The van der Waals surface area contributed by atoms with E-state index >= 15 is 0 Å². The normalized spacial score (nSPS) is 23.9. The Morgan fingerprint density at radius 3 is 2.75 bits per heavy atom. The fraction of sp³-hybridized carbons (Fsp3) is 0.917. The lowest BCUT2D eigenvalue weighted by molar-refractivity contribution is 0.169. The van der Waals surface area contributed by atoms with Crippen LogP contribution in [0.5, 0.6) is 0 Å². The van der Waals surface area contributed by atoms with Gasteiger partial charge in [-0.15, -0.1) is 0 Å². The average molecular weight is 227 g/mol. The third kappa shape index (κ3) is 3.67. The highest BCUT2D eigenvalue weighted by Crippen LogP contribution is 2.19. The molecule has 1 aliphatic rings. The van der Waals surface area contributed by atoms with Crippen molar-refractivity contribution in [2.24, 2.45) is 22.7 Å². The summed E-state index contributed by atoms with van der Waals surface area (Å²) in [6.45, 7) is 7.76. The Hall–Kier alpha value is -0.770. The zero-order chi connectivity index (χ0) is 12.0. The number of hydrogen-bond donors (Lipinski definition) is 2. The lowest BCUT2D eigenvalue weighted by Crippen LogP contribution is -2.43. The highest BCUT2D eigenvalue weighted by molar-refractivity contribution is 5.82. The largest absolute Gasteiger partial charge is 0.409 e. The molecule has 4 heteroatoms. The number of nitrogens with two attached hydrogens (primary N) is 1. The molecule has 0 aliphatic carbocycles. The molecule has 0 saturated carbocycles. The van der Waals surface area contributed by atoms with Crippen LogP contribution in [0.15, 0.2) is 5.16 Å². The average Bonchev–Trinajstić information content (AvgIpc) is 2.35. The van der Waals surface area contributed by atoms with E-state index in [1.807, 2.05) is 0 Å². The van der Waals surface area contributed by atoms with Gasteiger partial charge in [-0.2, -0.15) is 0 Å². The molecule has 4 nitrogen and oxygen atoms in total. The highest BCUT2D eigenvalue weighted by Gasteiger charge is 2.24. The van der Waals surface area contributed by atoms with E-state index in [2.05, 4.69) is 23.9 Å².